The summed E-state index contributed by atoms with van der Waals surface area (Å²) in [4.78, 5) is 0. The number of rotatable bonds is 16. The molecule has 328 valence electrons. The molecule has 0 bridgehead atoms. The zero-order chi connectivity index (χ0) is 45.0. The van der Waals surface area contributed by atoms with Crippen LogP contribution in [-0.4, -0.2) is 0 Å². The first-order valence-corrected chi connectivity index (χ1v) is 25.2. The smallest absolute Gasteiger partial charge is 0.0216 e. The number of halogens is 1. The lowest BCUT2D eigenvalue weighted by Gasteiger charge is -2.35. The van der Waals surface area contributed by atoms with E-state index in [0.29, 0.717) is 23.7 Å². The highest BCUT2D eigenvalue weighted by atomic mass is 79.9. The quantitative estimate of drug-likeness (QED) is 0.0866. The summed E-state index contributed by atoms with van der Waals surface area (Å²) in [5.74, 6) is 2.64. The Hall–Kier alpha value is -4.20. The first kappa shape index (κ1) is 45.4. The SMILES string of the molecule is C=C/C=C\C1=C(C)C(CCC(C)C)(CCC(C)C)c2cc(-c3ccc4c(c3)C(C)(C)c3cc(-c5ccc6c(c5)C(CCC(C)C)(CCC(C)C)c5cc(Br)ccc5-6)ccc3-4)ccc21. The van der Waals surface area contributed by atoms with Crippen LogP contribution >= 0.6 is 15.9 Å². The molecule has 3 aliphatic carbocycles. The van der Waals surface area contributed by atoms with Crippen molar-refractivity contribution >= 4 is 21.5 Å². The fourth-order valence-electron chi connectivity index (χ4n) is 11.7. The number of allylic oxidation sites excluding steroid dienone is 5. The van der Waals surface area contributed by atoms with Gasteiger partial charge in [0.05, 0.1) is 0 Å². The van der Waals surface area contributed by atoms with Crippen LogP contribution in [0.4, 0.5) is 0 Å². The third-order valence-electron chi connectivity index (χ3n) is 15.6. The molecule has 0 aliphatic heterocycles. The van der Waals surface area contributed by atoms with Gasteiger partial charge in [-0.15, -0.1) is 0 Å². The number of hydrogen-bond donors (Lipinski definition) is 0. The van der Waals surface area contributed by atoms with Crippen LogP contribution in [0.25, 0.3) is 50.1 Å². The Morgan fingerprint density at radius 1 is 0.476 bits per heavy atom. The monoisotopic (exact) mass is 896 g/mol. The van der Waals surface area contributed by atoms with Crippen LogP contribution in [-0.2, 0) is 16.2 Å². The van der Waals surface area contributed by atoms with Gasteiger partial charge in [0.15, 0.2) is 0 Å². The Morgan fingerprint density at radius 3 is 1.25 bits per heavy atom. The highest BCUT2D eigenvalue weighted by Gasteiger charge is 2.44. The van der Waals surface area contributed by atoms with Gasteiger partial charge in [0.1, 0.15) is 0 Å². The average molecular weight is 898 g/mol. The van der Waals surface area contributed by atoms with E-state index in [4.69, 9.17) is 0 Å². The minimum absolute atomic E-state index is 0.0142. The summed E-state index contributed by atoms with van der Waals surface area (Å²) in [6.07, 6.45) is 16.0. The van der Waals surface area contributed by atoms with Crippen LogP contribution in [0.15, 0.2) is 126 Å². The third kappa shape index (κ3) is 8.13. The first-order valence-electron chi connectivity index (χ1n) is 24.4. The Labute approximate surface area is 390 Å². The largest absolute Gasteiger partial charge is 0.0991 e. The Balaban J connectivity index is 1.18. The maximum atomic E-state index is 4.03. The van der Waals surface area contributed by atoms with E-state index in [9.17, 15) is 0 Å². The second kappa shape index (κ2) is 17.6. The van der Waals surface area contributed by atoms with Crippen molar-refractivity contribution in [2.75, 3.05) is 0 Å². The average Bonchev–Trinajstić information content (AvgIpc) is 3.75. The zero-order valence-corrected chi connectivity index (χ0v) is 42.0. The molecule has 0 saturated heterocycles. The predicted molar refractivity (Wildman–Crippen MR) is 279 cm³/mol. The van der Waals surface area contributed by atoms with E-state index < -0.39 is 0 Å². The summed E-state index contributed by atoms with van der Waals surface area (Å²) in [5.41, 5.74) is 22.6. The summed E-state index contributed by atoms with van der Waals surface area (Å²) in [7, 11) is 0. The van der Waals surface area contributed by atoms with E-state index >= 15 is 0 Å². The molecule has 0 unspecified atom stereocenters. The van der Waals surface area contributed by atoms with Gasteiger partial charge in [-0.25, -0.2) is 0 Å². The second-order valence-electron chi connectivity index (χ2n) is 21.9. The van der Waals surface area contributed by atoms with Gasteiger partial charge in [-0.05, 0) is 202 Å². The summed E-state index contributed by atoms with van der Waals surface area (Å²) in [6.45, 7) is 30.4. The van der Waals surface area contributed by atoms with E-state index in [1.165, 1.54) is 145 Å². The van der Waals surface area contributed by atoms with E-state index in [-0.39, 0.29) is 16.2 Å². The molecule has 0 fully saturated rings. The first-order chi connectivity index (χ1) is 30.0. The van der Waals surface area contributed by atoms with Crippen molar-refractivity contribution in [1.82, 2.24) is 0 Å². The van der Waals surface area contributed by atoms with Gasteiger partial charge < -0.3 is 0 Å². The molecule has 0 amide bonds. The van der Waals surface area contributed by atoms with Gasteiger partial charge in [-0.1, -0.05) is 170 Å². The molecule has 0 spiro atoms. The normalized spacial score (nSPS) is 16.4. The minimum atomic E-state index is -0.135. The van der Waals surface area contributed by atoms with Crippen LogP contribution in [0.1, 0.15) is 161 Å². The molecule has 63 heavy (non-hydrogen) atoms. The lowest BCUT2D eigenvalue weighted by Crippen LogP contribution is -2.27. The van der Waals surface area contributed by atoms with Crippen molar-refractivity contribution in [3.8, 4) is 44.5 Å². The summed E-state index contributed by atoms with van der Waals surface area (Å²) < 4.78 is 1.18. The molecule has 3 aliphatic rings. The van der Waals surface area contributed by atoms with Gasteiger partial charge in [0.2, 0.25) is 0 Å². The van der Waals surface area contributed by atoms with Gasteiger partial charge in [0, 0.05) is 20.7 Å². The van der Waals surface area contributed by atoms with E-state index in [0.717, 1.165) is 0 Å². The van der Waals surface area contributed by atoms with Gasteiger partial charge >= 0.3 is 0 Å². The molecule has 5 aromatic carbocycles. The van der Waals surface area contributed by atoms with Crippen LogP contribution < -0.4 is 0 Å². The van der Waals surface area contributed by atoms with Crippen molar-refractivity contribution in [2.45, 2.75) is 144 Å². The fraction of sp³-hybridized carbons (Fsp3) is 0.419. The van der Waals surface area contributed by atoms with Crippen molar-refractivity contribution < 1.29 is 0 Å². The molecular weight excluding hydrogens is 825 g/mol. The Kier molecular flexibility index (Phi) is 12.7. The molecule has 0 nitrogen and oxygen atoms in total. The maximum absolute atomic E-state index is 4.03. The predicted octanol–water partition coefficient (Wildman–Crippen LogP) is 18.9. The highest BCUT2D eigenvalue weighted by molar-refractivity contribution is 9.10. The lowest BCUT2D eigenvalue weighted by atomic mass is 9.69. The number of hydrogen-bond acceptors (Lipinski definition) is 0. The van der Waals surface area contributed by atoms with Crippen molar-refractivity contribution in [2.24, 2.45) is 23.7 Å². The second-order valence-corrected chi connectivity index (χ2v) is 22.8. The molecule has 0 aromatic heterocycles. The molecule has 1 heteroatoms. The zero-order valence-electron chi connectivity index (χ0n) is 40.4. The van der Waals surface area contributed by atoms with Gasteiger partial charge in [0.25, 0.3) is 0 Å². The van der Waals surface area contributed by atoms with E-state index in [1.807, 2.05) is 6.08 Å². The summed E-state index contributed by atoms with van der Waals surface area (Å²) in [6, 6.07) is 36.5. The fourth-order valence-corrected chi connectivity index (χ4v) is 12.1. The Bertz CT molecular complexity index is 2570. The van der Waals surface area contributed by atoms with Crippen molar-refractivity contribution in [3.05, 3.63) is 159 Å². The van der Waals surface area contributed by atoms with Gasteiger partial charge in [-0.2, -0.15) is 0 Å². The lowest BCUT2D eigenvalue weighted by molar-refractivity contribution is 0.357. The van der Waals surface area contributed by atoms with Crippen LogP contribution in [0, 0.1) is 23.7 Å². The van der Waals surface area contributed by atoms with Crippen molar-refractivity contribution in [3.63, 3.8) is 0 Å². The van der Waals surface area contributed by atoms with Crippen LogP contribution in [0.2, 0.25) is 0 Å². The molecule has 5 aromatic rings. The molecule has 0 atom stereocenters. The van der Waals surface area contributed by atoms with Crippen LogP contribution in [0.3, 0.4) is 0 Å². The molecular formula is C62H73Br. The number of benzene rings is 5. The molecule has 0 saturated carbocycles. The summed E-state index contributed by atoms with van der Waals surface area (Å²) in [5, 5.41) is 0. The van der Waals surface area contributed by atoms with Crippen molar-refractivity contribution in [1.29, 1.82) is 0 Å². The maximum Gasteiger partial charge on any atom is 0.0216 e. The van der Waals surface area contributed by atoms with E-state index in [2.05, 4.69) is 202 Å². The minimum Gasteiger partial charge on any atom is -0.0991 e. The highest BCUT2D eigenvalue weighted by Crippen LogP contribution is 2.58. The molecule has 8 rings (SSSR count). The van der Waals surface area contributed by atoms with Gasteiger partial charge in [-0.3, -0.25) is 0 Å². The summed E-state index contributed by atoms with van der Waals surface area (Å²) >= 11 is 3.88. The number of fused-ring (bicyclic) bond motifs is 7. The Morgan fingerprint density at radius 2 is 0.825 bits per heavy atom. The molecule has 0 radical (unpaired) electrons. The third-order valence-corrected chi connectivity index (χ3v) is 16.1. The molecule has 0 heterocycles. The standard InChI is InChI=1S/C62H73Br/c1-13-14-15-49-43(10)61(30-26-39(2)3,31-27-40(4)5)57-36-46(16-21-50(49)57)44-17-22-51-52-23-18-45(35-56(52)60(11,12)55(51)34-44)47-19-24-53-54-25-20-48(63)38-59(54)62(58(53)37-47,32-28-41(6)7)33-29-42(8)9/h13-25,34-42H,1,26-33H2,2-12H3/b15-14-. The molecule has 0 N–H and O–H groups in total. The van der Waals surface area contributed by atoms with Crippen LogP contribution in [0.5, 0.6) is 0 Å². The topological polar surface area (TPSA) is 0 Å². The van der Waals surface area contributed by atoms with E-state index in [1.54, 1.807) is 0 Å².